The van der Waals surface area contributed by atoms with Gasteiger partial charge in [-0.05, 0) is 51.5 Å². The Labute approximate surface area is 192 Å². The molecule has 0 radical (unpaired) electrons. The topological polar surface area (TPSA) is 101 Å². The van der Waals surface area contributed by atoms with Crippen molar-refractivity contribution < 1.29 is 9.53 Å². The minimum Gasteiger partial charge on any atom is -0.380 e. The molecule has 0 aliphatic heterocycles. The molecule has 3 rings (SSSR count). The fraction of sp³-hybridized carbons (Fsp3) is 0.280. The van der Waals surface area contributed by atoms with Gasteiger partial charge in [-0.1, -0.05) is 18.2 Å². The van der Waals surface area contributed by atoms with Crippen molar-refractivity contribution in [2.75, 3.05) is 7.11 Å². The van der Waals surface area contributed by atoms with Crippen LogP contribution in [0.25, 0.3) is 5.69 Å². The van der Waals surface area contributed by atoms with E-state index in [1.54, 1.807) is 19.2 Å². The van der Waals surface area contributed by atoms with Gasteiger partial charge in [0.25, 0.3) is 11.5 Å². The van der Waals surface area contributed by atoms with Gasteiger partial charge in [-0.2, -0.15) is 10.4 Å². The number of pyridine rings is 1. The largest absolute Gasteiger partial charge is 0.380 e. The minimum absolute atomic E-state index is 0.0256. The molecule has 0 saturated heterocycles. The zero-order valence-electron chi connectivity index (χ0n) is 19.5. The lowest BCUT2D eigenvalue weighted by molar-refractivity contribution is -0.121. The molecule has 8 heteroatoms. The molecular formula is C25H27N5O3. The number of carbonyl (C=O) groups is 1. The third kappa shape index (κ3) is 4.94. The summed E-state index contributed by atoms with van der Waals surface area (Å²) in [5, 5.41) is 13.4. The zero-order valence-corrected chi connectivity index (χ0v) is 19.5. The number of hydrogen-bond acceptors (Lipinski definition) is 5. The molecule has 2 heterocycles. The summed E-state index contributed by atoms with van der Waals surface area (Å²) in [4.78, 5) is 25.1. The van der Waals surface area contributed by atoms with Gasteiger partial charge in [-0.3, -0.25) is 9.59 Å². The van der Waals surface area contributed by atoms with Gasteiger partial charge in [0.2, 0.25) is 0 Å². The summed E-state index contributed by atoms with van der Waals surface area (Å²) in [6, 6.07) is 13.7. The summed E-state index contributed by atoms with van der Waals surface area (Å²) < 4.78 is 8.45. The highest BCUT2D eigenvalue weighted by atomic mass is 16.5. The molecule has 0 spiro atoms. The number of ether oxygens (including phenoxy) is 1. The van der Waals surface area contributed by atoms with Gasteiger partial charge in [0, 0.05) is 41.0 Å². The molecule has 170 valence electrons. The highest BCUT2D eigenvalue weighted by Crippen LogP contribution is 2.22. The van der Waals surface area contributed by atoms with E-state index in [0.29, 0.717) is 11.3 Å². The first kappa shape index (κ1) is 23.7. The van der Waals surface area contributed by atoms with Crippen LogP contribution in [0.15, 0.2) is 46.3 Å². The minimum atomic E-state index is -0.523. The van der Waals surface area contributed by atoms with Crippen molar-refractivity contribution in [1.29, 1.82) is 5.26 Å². The Morgan fingerprint density at radius 2 is 1.91 bits per heavy atom. The van der Waals surface area contributed by atoms with Crippen LogP contribution in [0.2, 0.25) is 0 Å². The van der Waals surface area contributed by atoms with Crippen molar-refractivity contribution in [1.82, 2.24) is 14.6 Å². The quantitative estimate of drug-likeness (QED) is 0.446. The maximum absolute atomic E-state index is 12.7. The van der Waals surface area contributed by atoms with E-state index in [1.807, 2.05) is 38.1 Å². The first-order chi connectivity index (χ1) is 15.8. The molecule has 2 aromatic heterocycles. The van der Waals surface area contributed by atoms with Crippen LogP contribution in [-0.2, 0) is 22.7 Å². The number of nitrogens with one attached hydrogen (secondary N) is 1. The van der Waals surface area contributed by atoms with E-state index in [0.717, 1.165) is 28.2 Å². The Kier molecular flexibility index (Phi) is 7.26. The number of nitrogens with zero attached hydrogens (tertiary/aromatic N) is 4. The Morgan fingerprint density at radius 1 is 1.18 bits per heavy atom. The fourth-order valence-corrected chi connectivity index (χ4v) is 3.88. The highest BCUT2D eigenvalue weighted by Gasteiger charge is 2.15. The molecule has 0 fully saturated rings. The second-order valence-electron chi connectivity index (χ2n) is 7.86. The molecule has 1 N–H and O–H groups in total. The number of hydrazone groups is 1. The van der Waals surface area contributed by atoms with Gasteiger partial charge in [0.15, 0.2) is 0 Å². The third-order valence-corrected chi connectivity index (χ3v) is 5.52. The molecule has 1 aromatic carbocycles. The Morgan fingerprint density at radius 3 is 2.58 bits per heavy atom. The van der Waals surface area contributed by atoms with E-state index >= 15 is 0 Å². The number of rotatable bonds is 7. The number of hydrogen-bond donors (Lipinski definition) is 1. The van der Waals surface area contributed by atoms with Gasteiger partial charge < -0.3 is 13.9 Å². The van der Waals surface area contributed by atoms with Crippen LogP contribution in [0.4, 0.5) is 0 Å². The number of aryl methyl sites for hydroxylation is 3. The third-order valence-electron chi connectivity index (χ3n) is 5.52. The molecule has 3 aromatic rings. The van der Waals surface area contributed by atoms with Crippen molar-refractivity contribution >= 4 is 12.1 Å². The second-order valence-corrected chi connectivity index (χ2v) is 7.86. The molecule has 0 aliphatic rings. The summed E-state index contributed by atoms with van der Waals surface area (Å²) in [6.45, 7) is 7.69. The maximum atomic E-state index is 12.7. The zero-order chi connectivity index (χ0) is 24.1. The van der Waals surface area contributed by atoms with Gasteiger partial charge in [0.05, 0.1) is 12.8 Å². The molecule has 8 nitrogen and oxygen atoms in total. The van der Waals surface area contributed by atoms with E-state index in [1.165, 1.54) is 11.7 Å². The SMILES string of the molecule is COCc1cc(C)n(CC(=O)N/N=C/c2cc(C)n(-c3ccccc3C)c2C)c(=O)c1C#N. The molecule has 33 heavy (non-hydrogen) atoms. The van der Waals surface area contributed by atoms with E-state index in [9.17, 15) is 14.9 Å². The smallest absolute Gasteiger partial charge is 0.269 e. The van der Waals surface area contributed by atoms with E-state index in [4.69, 9.17) is 4.74 Å². The normalized spacial score (nSPS) is 11.0. The van der Waals surface area contributed by atoms with Crippen LogP contribution in [0.3, 0.4) is 0 Å². The van der Waals surface area contributed by atoms with Crippen molar-refractivity contribution in [3.63, 3.8) is 0 Å². The highest BCUT2D eigenvalue weighted by molar-refractivity contribution is 5.84. The molecule has 0 bridgehead atoms. The van der Waals surface area contributed by atoms with Gasteiger partial charge in [-0.15, -0.1) is 0 Å². The standard InChI is InChI=1S/C25H27N5O3/c1-16-8-6-7-9-23(16)30-18(3)11-20(19(30)4)13-27-28-24(31)14-29-17(2)10-21(15-33-5)22(12-26)25(29)32/h6-11,13H,14-15H2,1-5H3,(H,28,31)/b27-13+. The van der Waals surface area contributed by atoms with Crippen molar-refractivity contribution in [3.05, 3.63) is 86.1 Å². The number of para-hydroxylation sites is 1. The van der Waals surface area contributed by atoms with Gasteiger partial charge >= 0.3 is 0 Å². The van der Waals surface area contributed by atoms with Crippen molar-refractivity contribution in [2.24, 2.45) is 5.10 Å². The predicted octanol–water partition coefficient (Wildman–Crippen LogP) is 3.04. The first-order valence-corrected chi connectivity index (χ1v) is 10.5. The number of amides is 1. The summed E-state index contributed by atoms with van der Waals surface area (Å²) in [5.41, 5.74) is 8.17. The van der Waals surface area contributed by atoms with Crippen molar-refractivity contribution in [2.45, 2.75) is 40.8 Å². The lowest BCUT2D eigenvalue weighted by Gasteiger charge is -2.12. The van der Waals surface area contributed by atoms with Crippen LogP contribution in [0.1, 0.15) is 39.3 Å². The summed E-state index contributed by atoms with van der Waals surface area (Å²) in [6.07, 6.45) is 1.59. The van der Waals surface area contributed by atoms with Crippen LogP contribution >= 0.6 is 0 Å². The van der Waals surface area contributed by atoms with Gasteiger partial charge in [0.1, 0.15) is 18.2 Å². The van der Waals surface area contributed by atoms with Crippen LogP contribution in [0.5, 0.6) is 0 Å². The lowest BCUT2D eigenvalue weighted by Crippen LogP contribution is -2.33. The average molecular weight is 446 g/mol. The predicted molar refractivity (Wildman–Crippen MR) is 127 cm³/mol. The van der Waals surface area contributed by atoms with Crippen molar-refractivity contribution in [3.8, 4) is 11.8 Å². The molecule has 0 atom stereocenters. The summed E-state index contributed by atoms with van der Waals surface area (Å²) >= 11 is 0. The van der Waals surface area contributed by atoms with E-state index < -0.39 is 11.5 Å². The monoisotopic (exact) mass is 445 g/mol. The fourth-order valence-electron chi connectivity index (χ4n) is 3.88. The molecule has 1 amide bonds. The Bertz CT molecular complexity index is 1330. The molecule has 0 unspecified atom stereocenters. The average Bonchev–Trinajstić information content (AvgIpc) is 3.05. The number of benzene rings is 1. The van der Waals surface area contributed by atoms with Crippen LogP contribution < -0.4 is 11.0 Å². The number of carbonyl (C=O) groups excluding carboxylic acids is 1. The van der Waals surface area contributed by atoms with E-state index in [2.05, 4.69) is 34.2 Å². The van der Waals surface area contributed by atoms with Crippen LogP contribution in [-0.4, -0.2) is 28.4 Å². The van der Waals surface area contributed by atoms with E-state index in [-0.39, 0.29) is 18.7 Å². The van der Waals surface area contributed by atoms with Gasteiger partial charge in [-0.25, -0.2) is 5.43 Å². The molecule has 0 aliphatic carbocycles. The number of nitriles is 1. The maximum Gasteiger partial charge on any atom is 0.269 e. The molecular weight excluding hydrogens is 418 g/mol. The van der Waals surface area contributed by atoms with Crippen LogP contribution in [0, 0.1) is 39.0 Å². The second kappa shape index (κ2) is 10.1. The number of methoxy groups -OCH3 is 1. The Hall–Kier alpha value is -3.96. The summed E-state index contributed by atoms with van der Waals surface area (Å²) in [5.74, 6) is -0.465. The number of aromatic nitrogens is 2. The lowest BCUT2D eigenvalue weighted by atomic mass is 10.1. The molecule has 0 saturated carbocycles. The first-order valence-electron chi connectivity index (χ1n) is 10.5. The summed E-state index contributed by atoms with van der Waals surface area (Å²) in [7, 11) is 1.49. The Balaban J connectivity index is 1.77.